The number of aromatic nitrogens is 2. The summed E-state index contributed by atoms with van der Waals surface area (Å²) >= 11 is 0. The van der Waals surface area contributed by atoms with Crippen LogP contribution in [0.4, 0.5) is 0 Å². The zero-order valence-electron chi connectivity index (χ0n) is 16.9. The standard InChI is InChI=1S/C22H21N3O5/c1-12-6-18-21-13(8-25(18)22(29)16(12)11-30-20(28)10-26)7-14-15(9-24(2)3)19(27)5-4-17(14)23-21/h4-7,10,27H,8-9,11H2,1-3H3. The lowest BCUT2D eigenvalue weighted by molar-refractivity contribution is -0.149. The molecule has 0 bridgehead atoms. The van der Waals surface area contributed by atoms with E-state index in [9.17, 15) is 19.5 Å². The number of esters is 1. The number of aldehydes is 1. The number of hydrogen-bond acceptors (Lipinski definition) is 7. The zero-order chi connectivity index (χ0) is 21.6. The van der Waals surface area contributed by atoms with Gasteiger partial charge in [-0.05, 0) is 50.8 Å². The first-order valence-electron chi connectivity index (χ1n) is 9.45. The van der Waals surface area contributed by atoms with Gasteiger partial charge in [-0.1, -0.05) is 0 Å². The molecular weight excluding hydrogens is 386 g/mol. The van der Waals surface area contributed by atoms with Crippen LogP contribution in [0.15, 0.2) is 29.1 Å². The minimum absolute atomic E-state index is 0.0758. The van der Waals surface area contributed by atoms with E-state index in [0.29, 0.717) is 29.9 Å². The highest BCUT2D eigenvalue weighted by Crippen LogP contribution is 2.35. The number of hydrogen-bond donors (Lipinski definition) is 1. The molecule has 0 amide bonds. The smallest absolute Gasteiger partial charge is 0.371 e. The number of carbonyl (C=O) groups is 2. The van der Waals surface area contributed by atoms with Crippen LogP contribution in [0.25, 0.3) is 22.3 Å². The predicted molar refractivity (Wildman–Crippen MR) is 110 cm³/mol. The predicted octanol–water partition coefficient (Wildman–Crippen LogP) is 1.74. The van der Waals surface area contributed by atoms with Crippen molar-refractivity contribution in [3.05, 3.63) is 56.9 Å². The molecule has 8 heteroatoms. The first-order valence-corrected chi connectivity index (χ1v) is 9.45. The Bertz CT molecular complexity index is 1260. The van der Waals surface area contributed by atoms with Gasteiger partial charge in [0.15, 0.2) is 0 Å². The largest absolute Gasteiger partial charge is 0.508 e. The van der Waals surface area contributed by atoms with Crippen molar-refractivity contribution in [1.29, 1.82) is 0 Å². The molecule has 1 aliphatic rings. The molecule has 3 heterocycles. The van der Waals surface area contributed by atoms with Crippen molar-refractivity contribution in [3.8, 4) is 17.1 Å². The van der Waals surface area contributed by atoms with Crippen molar-refractivity contribution in [1.82, 2.24) is 14.5 Å². The topological polar surface area (TPSA) is 102 Å². The molecule has 8 nitrogen and oxygen atoms in total. The summed E-state index contributed by atoms with van der Waals surface area (Å²) in [5, 5.41) is 11.2. The molecule has 4 rings (SSSR count). The molecule has 0 saturated carbocycles. The van der Waals surface area contributed by atoms with Crippen molar-refractivity contribution in [2.45, 2.75) is 26.6 Å². The van der Waals surface area contributed by atoms with E-state index in [4.69, 9.17) is 9.72 Å². The molecule has 3 aromatic rings. The number of phenols is 1. The zero-order valence-corrected chi connectivity index (χ0v) is 16.9. The molecule has 1 N–H and O–H groups in total. The van der Waals surface area contributed by atoms with Crippen molar-refractivity contribution >= 4 is 23.2 Å². The van der Waals surface area contributed by atoms with Crippen LogP contribution in [0.1, 0.15) is 22.3 Å². The summed E-state index contributed by atoms with van der Waals surface area (Å²) in [7, 11) is 3.85. The summed E-state index contributed by atoms with van der Waals surface area (Å²) in [5.74, 6) is -0.801. The average molecular weight is 407 g/mol. The highest BCUT2D eigenvalue weighted by Gasteiger charge is 2.25. The van der Waals surface area contributed by atoms with Crippen LogP contribution in [0.3, 0.4) is 0 Å². The maximum absolute atomic E-state index is 13.0. The van der Waals surface area contributed by atoms with Gasteiger partial charge in [-0.3, -0.25) is 9.59 Å². The van der Waals surface area contributed by atoms with Gasteiger partial charge in [0.05, 0.1) is 29.0 Å². The Morgan fingerprint density at radius 3 is 2.77 bits per heavy atom. The molecule has 1 aromatic carbocycles. The van der Waals surface area contributed by atoms with Crippen LogP contribution >= 0.6 is 0 Å². The van der Waals surface area contributed by atoms with Gasteiger partial charge in [0.1, 0.15) is 12.4 Å². The third-order valence-corrected chi connectivity index (χ3v) is 5.29. The molecule has 0 atom stereocenters. The summed E-state index contributed by atoms with van der Waals surface area (Å²) in [4.78, 5) is 41.4. The van der Waals surface area contributed by atoms with Crippen molar-refractivity contribution in [3.63, 3.8) is 0 Å². The molecule has 0 spiro atoms. The molecule has 30 heavy (non-hydrogen) atoms. The lowest BCUT2D eigenvalue weighted by Crippen LogP contribution is -2.25. The first-order chi connectivity index (χ1) is 14.3. The number of aryl methyl sites for hydroxylation is 1. The Hall–Kier alpha value is -3.52. The summed E-state index contributed by atoms with van der Waals surface area (Å²) in [6.07, 6.45) is 0.0758. The Morgan fingerprint density at radius 1 is 1.30 bits per heavy atom. The highest BCUT2D eigenvalue weighted by molar-refractivity contribution is 6.20. The maximum atomic E-state index is 13.0. The lowest BCUT2D eigenvalue weighted by Gasteiger charge is -2.14. The van der Waals surface area contributed by atoms with Crippen molar-refractivity contribution < 1.29 is 19.4 Å². The van der Waals surface area contributed by atoms with Gasteiger partial charge in [0.25, 0.3) is 5.56 Å². The fourth-order valence-corrected chi connectivity index (χ4v) is 3.85. The summed E-state index contributed by atoms with van der Waals surface area (Å²) in [6.45, 7) is 2.40. The van der Waals surface area contributed by atoms with Crippen LogP contribution < -0.4 is 5.56 Å². The van der Waals surface area contributed by atoms with Gasteiger partial charge in [-0.2, -0.15) is 0 Å². The van der Waals surface area contributed by atoms with Crippen LogP contribution in [0.5, 0.6) is 5.75 Å². The fourth-order valence-electron chi connectivity index (χ4n) is 3.85. The van der Waals surface area contributed by atoms with E-state index >= 15 is 0 Å². The monoisotopic (exact) mass is 407 g/mol. The number of pyridine rings is 2. The Kier molecular flexibility index (Phi) is 4.87. The van der Waals surface area contributed by atoms with Gasteiger partial charge in [0.2, 0.25) is 6.29 Å². The maximum Gasteiger partial charge on any atom is 0.371 e. The average Bonchev–Trinajstić information content (AvgIpc) is 3.06. The van der Waals surface area contributed by atoms with E-state index in [1.165, 1.54) is 0 Å². The van der Waals surface area contributed by atoms with Crippen molar-refractivity contribution in [2.75, 3.05) is 14.1 Å². The van der Waals surface area contributed by atoms with Gasteiger partial charge >= 0.3 is 5.97 Å². The number of aromatic hydroxyl groups is 1. The highest BCUT2D eigenvalue weighted by atomic mass is 16.5. The van der Waals surface area contributed by atoms with E-state index < -0.39 is 5.97 Å². The fraction of sp³-hybridized carbons (Fsp3) is 0.273. The summed E-state index contributed by atoms with van der Waals surface area (Å²) in [5.41, 5.74) is 4.55. The second kappa shape index (κ2) is 7.38. The number of nitrogens with zero attached hydrogens (tertiary/aromatic N) is 3. The van der Waals surface area contributed by atoms with Gasteiger partial charge < -0.3 is 19.3 Å². The van der Waals surface area contributed by atoms with Crippen LogP contribution in [-0.4, -0.2) is 45.9 Å². The minimum Gasteiger partial charge on any atom is -0.508 e. The lowest BCUT2D eigenvalue weighted by atomic mass is 10.0. The molecule has 0 unspecified atom stereocenters. The van der Waals surface area contributed by atoms with Crippen LogP contribution in [-0.2, 0) is 34.0 Å². The first kappa shape index (κ1) is 19.8. The number of benzene rings is 1. The number of rotatable bonds is 5. The van der Waals surface area contributed by atoms with E-state index in [0.717, 1.165) is 27.7 Å². The van der Waals surface area contributed by atoms with E-state index in [1.54, 1.807) is 23.6 Å². The number of carbonyl (C=O) groups excluding carboxylic acids is 2. The minimum atomic E-state index is -1.01. The van der Waals surface area contributed by atoms with E-state index in [2.05, 4.69) is 0 Å². The summed E-state index contributed by atoms with van der Waals surface area (Å²) < 4.78 is 6.43. The van der Waals surface area contributed by atoms with Crippen LogP contribution in [0, 0.1) is 6.92 Å². The molecule has 0 saturated heterocycles. The molecule has 2 aromatic heterocycles. The van der Waals surface area contributed by atoms with Gasteiger partial charge in [-0.15, -0.1) is 0 Å². The molecule has 154 valence electrons. The van der Waals surface area contributed by atoms with E-state index in [1.807, 2.05) is 31.1 Å². The Morgan fingerprint density at radius 2 is 2.07 bits per heavy atom. The quantitative estimate of drug-likeness (QED) is 0.305. The third-order valence-electron chi connectivity index (χ3n) is 5.29. The van der Waals surface area contributed by atoms with Gasteiger partial charge in [-0.25, -0.2) is 9.78 Å². The second-order valence-electron chi connectivity index (χ2n) is 7.67. The summed E-state index contributed by atoms with van der Waals surface area (Å²) in [6, 6.07) is 7.23. The van der Waals surface area contributed by atoms with E-state index in [-0.39, 0.29) is 24.2 Å². The molecule has 1 aliphatic heterocycles. The number of fused-ring (bicyclic) bond motifs is 4. The second-order valence-corrected chi connectivity index (χ2v) is 7.67. The molecule has 0 fully saturated rings. The Balaban J connectivity index is 1.83. The SMILES string of the molecule is Cc1cc2n(c(=O)c1COC(=O)C=O)Cc1cc3c(CN(C)C)c(O)ccc3nc1-2. The molecule has 0 aliphatic carbocycles. The molecule has 0 radical (unpaired) electrons. The number of ether oxygens (including phenoxy) is 1. The third kappa shape index (κ3) is 3.25. The molecular formula is C22H21N3O5. The van der Waals surface area contributed by atoms with Crippen molar-refractivity contribution in [2.24, 2.45) is 0 Å². The normalized spacial score (nSPS) is 12.1. The van der Waals surface area contributed by atoms with Gasteiger partial charge in [0, 0.05) is 23.1 Å². The Labute approximate surface area is 172 Å². The van der Waals surface area contributed by atoms with Crippen LogP contribution in [0.2, 0.25) is 0 Å². The number of phenolic OH excluding ortho intramolecular Hbond substituents is 1.